The van der Waals surface area contributed by atoms with Gasteiger partial charge in [-0.3, -0.25) is 4.79 Å². The molecule has 3 nitrogen and oxygen atoms in total. The minimum Gasteiger partial charge on any atom is -0.495 e. The fourth-order valence-corrected chi connectivity index (χ4v) is 2.23. The Bertz CT molecular complexity index is 616. The summed E-state index contributed by atoms with van der Waals surface area (Å²) in [5.41, 5.74) is 1.19. The largest absolute Gasteiger partial charge is 0.495 e. The topological polar surface area (TPSA) is 38.3 Å². The Labute approximate surface area is 124 Å². The highest BCUT2D eigenvalue weighted by atomic mass is 79.9. The highest BCUT2D eigenvalue weighted by molar-refractivity contribution is 9.10. The molecule has 0 radical (unpaired) electrons. The van der Waals surface area contributed by atoms with Crippen LogP contribution < -0.4 is 10.1 Å². The molecule has 0 saturated carbocycles. The number of hydrogen-bond acceptors (Lipinski definition) is 2. The Balaban J connectivity index is 2.17. The second-order valence-electron chi connectivity index (χ2n) is 3.81. The van der Waals surface area contributed by atoms with Crippen molar-refractivity contribution in [1.82, 2.24) is 0 Å². The first-order valence-electron chi connectivity index (χ1n) is 5.50. The van der Waals surface area contributed by atoms with Crippen molar-refractivity contribution in [3.8, 4) is 5.75 Å². The van der Waals surface area contributed by atoms with Gasteiger partial charge in [0.05, 0.1) is 12.1 Å². The smallest absolute Gasteiger partial charge is 0.255 e. The number of hydrogen-bond donors (Lipinski definition) is 1. The van der Waals surface area contributed by atoms with Gasteiger partial charge in [-0.25, -0.2) is 0 Å². The summed E-state index contributed by atoms with van der Waals surface area (Å²) in [6, 6.07) is 12.3. The predicted molar refractivity (Wildman–Crippen MR) is 80.1 cm³/mol. The third-order valence-electron chi connectivity index (χ3n) is 2.50. The van der Waals surface area contributed by atoms with Gasteiger partial charge in [0.1, 0.15) is 5.75 Å². The fraction of sp³-hybridized carbons (Fsp3) is 0.0714. The van der Waals surface area contributed by atoms with E-state index in [0.717, 1.165) is 4.47 Å². The monoisotopic (exact) mass is 339 g/mol. The molecule has 2 aromatic rings. The van der Waals surface area contributed by atoms with Gasteiger partial charge < -0.3 is 10.1 Å². The zero-order valence-electron chi connectivity index (χ0n) is 10.1. The first-order valence-corrected chi connectivity index (χ1v) is 6.67. The predicted octanol–water partition coefficient (Wildman–Crippen LogP) is 4.36. The van der Waals surface area contributed by atoms with E-state index in [1.807, 2.05) is 6.07 Å². The van der Waals surface area contributed by atoms with E-state index >= 15 is 0 Å². The lowest BCUT2D eigenvalue weighted by Crippen LogP contribution is -2.11. The van der Waals surface area contributed by atoms with E-state index in [1.54, 1.807) is 43.5 Å². The zero-order valence-corrected chi connectivity index (χ0v) is 12.5. The highest BCUT2D eigenvalue weighted by Gasteiger charge is 2.08. The lowest BCUT2D eigenvalue weighted by Gasteiger charge is -2.08. The molecule has 98 valence electrons. The minimum atomic E-state index is -0.192. The van der Waals surface area contributed by atoms with Crippen molar-refractivity contribution < 1.29 is 9.53 Å². The average Bonchev–Trinajstić information content (AvgIpc) is 2.39. The van der Waals surface area contributed by atoms with E-state index in [4.69, 9.17) is 16.3 Å². The van der Waals surface area contributed by atoms with E-state index in [1.165, 1.54) is 0 Å². The van der Waals surface area contributed by atoms with Crippen LogP contribution in [0.5, 0.6) is 5.75 Å². The number of nitrogens with one attached hydrogen (secondary N) is 1. The molecule has 0 unspecified atom stereocenters. The summed E-state index contributed by atoms with van der Waals surface area (Å²) in [6.07, 6.45) is 0. The molecule has 1 amide bonds. The SMILES string of the molecule is COc1ccc(NC(=O)c2cccc(Br)c2)cc1Cl. The molecule has 0 bridgehead atoms. The van der Waals surface area contributed by atoms with Crippen LogP contribution >= 0.6 is 27.5 Å². The Kier molecular flexibility index (Phi) is 4.45. The number of ether oxygens (including phenoxy) is 1. The summed E-state index contributed by atoms with van der Waals surface area (Å²) in [5, 5.41) is 3.23. The number of anilines is 1. The number of halogens is 2. The number of benzene rings is 2. The van der Waals surface area contributed by atoms with Gasteiger partial charge in [0, 0.05) is 15.7 Å². The van der Waals surface area contributed by atoms with Crippen LogP contribution in [0.4, 0.5) is 5.69 Å². The molecule has 0 heterocycles. The number of rotatable bonds is 3. The van der Waals surface area contributed by atoms with E-state index in [2.05, 4.69) is 21.2 Å². The third kappa shape index (κ3) is 3.49. The van der Waals surface area contributed by atoms with Gasteiger partial charge in [-0.2, -0.15) is 0 Å². The molecule has 1 N–H and O–H groups in total. The number of carbonyl (C=O) groups is 1. The molecule has 0 aliphatic carbocycles. The van der Waals surface area contributed by atoms with Crippen molar-refractivity contribution in [2.75, 3.05) is 12.4 Å². The van der Waals surface area contributed by atoms with Crippen LogP contribution in [0.3, 0.4) is 0 Å². The summed E-state index contributed by atoms with van der Waals surface area (Å²) >= 11 is 9.33. The second-order valence-corrected chi connectivity index (χ2v) is 5.14. The zero-order chi connectivity index (χ0) is 13.8. The van der Waals surface area contributed by atoms with Crippen molar-refractivity contribution in [2.45, 2.75) is 0 Å². The summed E-state index contributed by atoms with van der Waals surface area (Å²) < 4.78 is 5.91. The van der Waals surface area contributed by atoms with Crippen LogP contribution in [0.25, 0.3) is 0 Å². The van der Waals surface area contributed by atoms with Crippen LogP contribution in [0, 0.1) is 0 Å². The first kappa shape index (κ1) is 13.9. The van der Waals surface area contributed by atoms with E-state index < -0.39 is 0 Å². The maximum absolute atomic E-state index is 12.0. The van der Waals surface area contributed by atoms with Crippen LogP contribution in [-0.2, 0) is 0 Å². The van der Waals surface area contributed by atoms with Gasteiger partial charge in [0.25, 0.3) is 5.91 Å². The molecular weight excluding hydrogens is 330 g/mol. The Morgan fingerprint density at radius 1 is 1.26 bits per heavy atom. The van der Waals surface area contributed by atoms with E-state index in [0.29, 0.717) is 22.0 Å². The molecule has 2 aromatic carbocycles. The molecule has 0 fully saturated rings. The summed E-state index contributed by atoms with van der Waals surface area (Å²) in [4.78, 5) is 12.0. The van der Waals surface area contributed by atoms with Crippen molar-refractivity contribution in [1.29, 1.82) is 0 Å². The normalized spacial score (nSPS) is 10.1. The van der Waals surface area contributed by atoms with Crippen LogP contribution in [0.1, 0.15) is 10.4 Å². The van der Waals surface area contributed by atoms with Crippen LogP contribution in [0.2, 0.25) is 5.02 Å². The van der Waals surface area contributed by atoms with E-state index in [9.17, 15) is 4.79 Å². The highest BCUT2D eigenvalue weighted by Crippen LogP contribution is 2.27. The molecule has 2 rings (SSSR count). The first-order chi connectivity index (χ1) is 9.10. The van der Waals surface area contributed by atoms with Gasteiger partial charge >= 0.3 is 0 Å². The minimum absolute atomic E-state index is 0.192. The van der Waals surface area contributed by atoms with Crippen molar-refractivity contribution in [3.63, 3.8) is 0 Å². The lowest BCUT2D eigenvalue weighted by molar-refractivity contribution is 0.102. The van der Waals surface area contributed by atoms with Crippen molar-refractivity contribution in [2.24, 2.45) is 0 Å². The third-order valence-corrected chi connectivity index (χ3v) is 3.29. The number of methoxy groups -OCH3 is 1. The second kappa shape index (κ2) is 6.08. The molecule has 0 aromatic heterocycles. The molecule has 0 aliphatic heterocycles. The molecule has 0 aliphatic rings. The maximum atomic E-state index is 12.0. The molecule has 0 atom stereocenters. The van der Waals surface area contributed by atoms with Gasteiger partial charge in [-0.1, -0.05) is 33.6 Å². The summed E-state index contributed by atoms with van der Waals surface area (Å²) in [6.45, 7) is 0. The molecule has 19 heavy (non-hydrogen) atoms. The fourth-order valence-electron chi connectivity index (χ4n) is 1.58. The Hall–Kier alpha value is -1.52. The molecule has 0 saturated heterocycles. The molecule has 0 spiro atoms. The van der Waals surface area contributed by atoms with Gasteiger partial charge in [0.2, 0.25) is 0 Å². The number of carbonyl (C=O) groups excluding carboxylic acids is 1. The van der Waals surface area contributed by atoms with Crippen molar-refractivity contribution in [3.05, 3.63) is 57.5 Å². The number of amides is 1. The molecular formula is C14H11BrClNO2. The van der Waals surface area contributed by atoms with Gasteiger partial charge in [0.15, 0.2) is 0 Å². The van der Waals surface area contributed by atoms with Gasteiger partial charge in [-0.15, -0.1) is 0 Å². The Morgan fingerprint density at radius 2 is 2.05 bits per heavy atom. The standard InChI is InChI=1S/C14H11BrClNO2/c1-19-13-6-5-11(8-12(13)16)17-14(18)9-3-2-4-10(15)7-9/h2-8H,1H3,(H,17,18). The van der Waals surface area contributed by atoms with Crippen LogP contribution in [-0.4, -0.2) is 13.0 Å². The average molecular weight is 341 g/mol. The Morgan fingerprint density at radius 3 is 2.68 bits per heavy atom. The van der Waals surface area contributed by atoms with Gasteiger partial charge in [-0.05, 0) is 36.4 Å². The molecule has 5 heteroatoms. The van der Waals surface area contributed by atoms with Crippen LogP contribution in [0.15, 0.2) is 46.9 Å². The summed E-state index contributed by atoms with van der Waals surface area (Å²) in [5.74, 6) is 0.379. The van der Waals surface area contributed by atoms with Crippen molar-refractivity contribution >= 4 is 39.1 Å². The van der Waals surface area contributed by atoms with E-state index in [-0.39, 0.29) is 5.91 Å². The summed E-state index contributed by atoms with van der Waals surface area (Å²) in [7, 11) is 1.54. The lowest BCUT2D eigenvalue weighted by atomic mass is 10.2. The quantitative estimate of drug-likeness (QED) is 0.901. The maximum Gasteiger partial charge on any atom is 0.255 e.